The van der Waals surface area contributed by atoms with Gasteiger partial charge in [-0.1, -0.05) is 36.4 Å². The molecule has 1 amide bonds. The molecular formula is C14H16FNO3. The Kier molecular flexibility index (Phi) is 5.23. The van der Waals surface area contributed by atoms with Gasteiger partial charge in [-0.3, -0.25) is 9.59 Å². The van der Waals surface area contributed by atoms with Crippen molar-refractivity contribution in [2.75, 3.05) is 13.7 Å². The Bertz CT molecular complexity index is 499. The SMILES string of the molecule is C=C(F)C(=O)NCC(C(=O)OC)c1cccc(C)c1. The number of methoxy groups -OCH3 is 1. The van der Waals surface area contributed by atoms with Gasteiger partial charge in [-0.25, -0.2) is 4.39 Å². The van der Waals surface area contributed by atoms with E-state index in [1.165, 1.54) is 7.11 Å². The van der Waals surface area contributed by atoms with Crippen LogP contribution in [0.2, 0.25) is 0 Å². The van der Waals surface area contributed by atoms with Crippen molar-refractivity contribution in [3.05, 3.63) is 47.8 Å². The Morgan fingerprint density at radius 1 is 1.47 bits per heavy atom. The summed E-state index contributed by atoms with van der Waals surface area (Å²) >= 11 is 0. The maximum Gasteiger partial charge on any atom is 0.314 e. The molecule has 0 aliphatic rings. The summed E-state index contributed by atoms with van der Waals surface area (Å²) < 4.78 is 17.3. The van der Waals surface area contributed by atoms with Crippen molar-refractivity contribution in [2.45, 2.75) is 12.8 Å². The minimum absolute atomic E-state index is 0.0437. The van der Waals surface area contributed by atoms with Crippen LogP contribution in [0.3, 0.4) is 0 Å². The lowest BCUT2D eigenvalue weighted by molar-refractivity contribution is -0.142. The minimum atomic E-state index is -1.09. The molecule has 102 valence electrons. The molecule has 0 saturated carbocycles. The second-order valence-electron chi connectivity index (χ2n) is 4.10. The quantitative estimate of drug-likeness (QED) is 0.653. The average Bonchev–Trinajstić information content (AvgIpc) is 2.38. The zero-order chi connectivity index (χ0) is 14.4. The van der Waals surface area contributed by atoms with Crippen LogP contribution in [-0.2, 0) is 14.3 Å². The smallest absolute Gasteiger partial charge is 0.314 e. The molecule has 1 N–H and O–H groups in total. The Balaban J connectivity index is 2.87. The molecule has 5 heteroatoms. The number of ether oxygens (including phenoxy) is 1. The van der Waals surface area contributed by atoms with Gasteiger partial charge in [-0.15, -0.1) is 0 Å². The summed E-state index contributed by atoms with van der Waals surface area (Å²) in [5, 5.41) is 2.30. The molecule has 0 aromatic heterocycles. The monoisotopic (exact) mass is 265 g/mol. The second kappa shape index (κ2) is 6.68. The van der Waals surface area contributed by atoms with Gasteiger partial charge in [0.2, 0.25) is 0 Å². The fourth-order valence-corrected chi connectivity index (χ4v) is 1.66. The first kappa shape index (κ1) is 14.9. The number of benzene rings is 1. The van der Waals surface area contributed by atoms with Crippen molar-refractivity contribution in [2.24, 2.45) is 0 Å². The van der Waals surface area contributed by atoms with E-state index < -0.39 is 23.6 Å². The zero-order valence-electron chi connectivity index (χ0n) is 10.9. The zero-order valence-corrected chi connectivity index (χ0v) is 10.9. The van der Waals surface area contributed by atoms with Gasteiger partial charge in [0.25, 0.3) is 5.91 Å². The van der Waals surface area contributed by atoms with Crippen LogP contribution in [0.15, 0.2) is 36.7 Å². The van der Waals surface area contributed by atoms with Crippen LogP contribution in [0.5, 0.6) is 0 Å². The Morgan fingerprint density at radius 2 is 2.16 bits per heavy atom. The molecular weight excluding hydrogens is 249 g/mol. The molecule has 0 bridgehead atoms. The molecule has 0 aliphatic carbocycles. The molecule has 4 nitrogen and oxygen atoms in total. The van der Waals surface area contributed by atoms with Crippen LogP contribution in [0.25, 0.3) is 0 Å². The normalized spacial score (nSPS) is 11.5. The van der Waals surface area contributed by atoms with Gasteiger partial charge in [-0.05, 0) is 12.5 Å². The molecule has 0 fully saturated rings. The van der Waals surface area contributed by atoms with Crippen molar-refractivity contribution in [1.29, 1.82) is 0 Å². The summed E-state index contributed by atoms with van der Waals surface area (Å²) in [6, 6.07) is 7.26. The van der Waals surface area contributed by atoms with E-state index >= 15 is 0 Å². The summed E-state index contributed by atoms with van der Waals surface area (Å²) in [7, 11) is 1.26. The fourth-order valence-electron chi connectivity index (χ4n) is 1.66. The number of amides is 1. The first-order chi connectivity index (χ1) is 8.95. The molecule has 0 spiro atoms. The van der Waals surface area contributed by atoms with Crippen molar-refractivity contribution >= 4 is 11.9 Å². The molecule has 1 aromatic carbocycles. The molecule has 0 aliphatic heterocycles. The number of esters is 1. The maximum atomic E-state index is 12.6. The molecule has 0 heterocycles. The van der Waals surface area contributed by atoms with Gasteiger partial charge in [0.1, 0.15) is 0 Å². The number of carbonyl (C=O) groups excluding carboxylic acids is 2. The fraction of sp³-hybridized carbons (Fsp3) is 0.286. The number of halogens is 1. The molecule has 1 rings (SSSR count). The molecule has 19 heavy (non-hydrogen) atoms. The molecule has 0 radical (unpaired) electrons. The minimum Gasteiger partial charge on any atom is -0.468 e. The van der Waals surface area contributed by atoms with E-state index in [9.17, 15) is 14.0 Å². The number of rotatable bonds is 5. The summed E-state index contributed by atoms with van der Waals surface area (Å²) in [5.74, 6) is -3.18. The van der Waals surface area contributed by atoms with Crippen LogP contribution in [0.1, 0.15) is 17.0 Å². The number of aryl methyl sites for hydroxylation is 1. The highest BCUT2D eigenvalue weighted by Gasteiger charge is 2.22. The first-order valence-electron chi connectivity index (χ1n) is 5.72. The Labute approximate surface area is 111 Å². The van der Waals surface area contributed by atoms with Crippen LogP contribution >= 0.6 is 0 Å². The number of hydrogen-bond donors (Lipinski definition) is 1. The summed E-state index contributed by atoms with van der Waals surface area (Å²) in [6.45, 7) is 4.73. The highest BCUT2D eigenvalue weighted by molar-refractivity contribution is 5.91. The lowest BCUT2D eigenvalue weighted by Gasteiger charge is -2.16. The predicted octanol–water partition coefficient (Wildman–Crippen LogP) is 1.85. The van der Waals surface area contributed by atoms with Crippen LogP contribution in [0.4, 0.5) is 4.39 Å². The third-order valence-electron chi connectivity index (χ3n) is 2.64. The van der Waals surface area contributed by atoms with Gasteiger partial charge < -0.3 is 10.1 Å². The summed E-state index contributed by atoms with van der Waals surface area (Å²) in [6.07, 6.45) is 0. The Morgan fingerprint density at radius 3 is 2.68 bits per heavy atom. The van der Waals surface area contributed by atoms with Gasteiger partial charge in [0, 0.05) is 6.54 Å². The summed E-state index contributed by atoms with van der Waals surface area (Å²) in [5.41, 5.74) is 1.68. The number of nitrogens with one attached hydrogen (secondary N) is 1. The van der Waals surface area contributed by atoms with Gasteiger partial charge in [0.05, 0.1) is 13.0 Å². The van der Waals surface area contributed by atoms with E-state index in [-0.39, 0.29) is 6.54 Å². The van der Waals surface area contributed by atoms with Crippen molar-refractivity contribution in [1.82, 2.24) is 5.32 Å². The average molecular weight is 265 g/mol. The molecule has 1 aromatic rings. The molecule has 1 unspecified atom stereocenters. The van der Waals surface area contributed by atoms with Crippen molar-refractivity contribution in [3.63, 3.8) is 0 Å². The highest BCUT2D eigenvalue weighted by Crippen LogP contribution is 2.18. The number of carbonyl (C=O) groups is 2. The maximum absolute atomic E-state index is 12.6. The van der Waals surface area contributed by atoms with E-state index in [4.69, 9.17) is 4.74 Å². The third-order valence-corrected chi connectivity index (χ3v) is 2.64. The van der Waals surface area contributed by atoms with E-state index in [1.807, 2.05) is 19.1 Å². The van der Waals surface area contributed by atoms with Gasteiger partial charge in [0.15, 0.2) is 5.83 Å². The van der Waals surface area contributed by atoms with E-state index in [1.54, 1.807) is 12.1 Å². The largest absolute Gasteiger partial charge is 0.468 e. The topological polar surface area (TPSA) is 55.4 Å². The van der Waals surface area contributed by atoms with E-state index in [0.29, 0.717) is 5.56 Å². The molecule has 1 atom stereocenters. The van der Waals surface area contributed by atoms with E-state index in [0.717, 1.165) is 5.56 Å². The standard InChI is InChI=1S/C14H16FNO3/c1-9-5-4-6-11(7-9)12(14(18)19-3)8-16-13(17)10(2)15/h4-7,12H,2,8H2,1,3H3,(H,16,17). The van der Waals surface area contributed by atoms with E-state index in [2.05, 4.69) is 11.9 Å². The third kappa shape index (κ3) is 4.21. The highest BCUT2D eigenvalue weighted by atomic mass is 19.1. The van der Waals surface area contributed by atoms with Gasteiger partial charge >= 0.3 is 5.97 Å². The van der Waals surface area contributed by atoms with Crippen molar-refractivity contribution < 1.29 is 18.7 Å². The predicted molar refractivity (Wildman–Crippen MR) is 69.2 cm³/mol. The lowest BCUT2D eigenvalue weighted by Crippen LogP contribution is -2.32. The molecule has 0 saturated heterocycles. The van der Waals surface area contributed by atoms with Crippen LogP contribution < -0.4 is 5.32 Å². The van der Waals surface area contributed by atoms with Crippen LogP contribution in [0, 0.1) is 6.92 Å². The van der Waals surface area contributed by atoms with Gasteiger partial charge in [-0.2, -0.15) is 0 Å². The first-order valence-corrected chi connectivity index (χ1v) is 5.72. The second-order valence-corrected chi connectivity index (χ2v) is 4.10. The van der Waals surface area contributed by atoms with Crippen molar-refractivity contribution in [3.8, 4) is 0 Å². The summed E-state index contributed by atoms with van der Waals surface area (Å²) in [4.78, 5) is 22.8. The Hall–Kier alpha value is -2.17. The number of hydrogen-bond acceptors (Lipinski definition) is 3. The van der Waals surface area contributed by atoms with Crippen LogP contribution in [-0.4, -0.2) is 25.5 Å². The lowest BCUT2D eigenvalue weighted by atomic mass is 9.97.